The van der Waals surface area contributed by atoms with Crippen LogP contribution in [0.2, 0.25) is 5.02 Å². The summed E-state index contributed by atoms with van der Waals surface area (Å²) in [5.74, 6) is -0.394. The first kappa shape index (κ1) is 15.3. The molecule has 0 saturated carbocycles. The van der Waals surface area contributed by atoms with Crippen LogP contribution in [0, 0.1) is 0 Å². The zero-order valence-electron chi connectivity index (χ0n) is 11.5. The predicted octanol–water partition coefficient (Wildman–Crippen LogP) is 3.73. The summed E-state index contributed by atoms with van der Waals surface area (Å²) in [6, 6.07) is 5.52. The molecule has 0 aliphatic carbocycles. The van der Waals surface area contributed by atoms with Gasteiger partial charge in [0.15, 0.2) is 0 Å². The summed E-state index contributed by atoms with van der Waals surface area (Å²) in [6.07, 6.45) is 0. The predicted molar refractivity (Wildman–Crippen MR) is 82.2 cm³/mol. The normalized spacial score (nSPS) is 22.6. The van der Waals surface area contributed by atoms with E-state index in [1.165, 1.54) is 0 Å². The molecule has 0 unspecified atom stereocenters. The molecule has 1 aromatic rings. The molecule has 19 heavy (non-hydrogen) atoms. The van der Waals surface area contributed by atoms with Gasteiger partial charge in [0.25, 0.3) is 0 Å². The van der Waals surface area contributed by atoms with Gasteiger partial charge in [-0.15, -0.1) is 0 Å². The maximum absolute atomic E-state index is 6.27. The summed E-state index contributed by atoms with van der Waals surface area (Å²) in [4.78, 5) is 0. The second-order valence-corrected chi connectivity index (χ2v) is 7.11. The van der Waals surface area contributed by atoms with Crippen LogP contribution in [0.1, 0.15) is 39.2 Å². The Morgan fingerprint density at radius 2 is 1.74 bits per heavy atom. The summed E-state index contributed by atoms with van der Waals surface area (Å²) in [5, 5.41) is 0.644. The van der Waals surface area contributed by atoms with Gasteiger partial charge in [-0.25, -0.2) is 0 Å². The molecular formula is C13H18BBrClNO2. The highest BCUT2D eigenvalue weighted by molar-refractivity contribution is 9.10. The van der Waals surface area contributed by atoms with E-state index in [1.807, 2.05) is 45.9 Å². The molecule has 1 heterocycles. The van der Waals surface area contributed by atoms with E-state index in [9.17, 15) is 0 Å². The summed E-state index contributed by atoms with van der Waals surface area (Å²) in [7, 11) is -0.486. The van der Waals surface area contributed by atoms with E-state index in [0.717, 1.165) is 10.0 Å². The molecule has 2 N–H and O–H groups in total. The molecule has 0 aromatic heterocycles. The lowest BCUT2D eigenvalue weighted by atomic mass is 9.75. The molecular weight excluding hydrogens is 328 g/mol. The number of halogens is 2. The molecule has 3 nitrogen and oxygen atoms in total. The quantitative estimate of drug-likeness (QED) is 0.830. The van der Waals surface area contributed by atoms with Crippen molar-refractivity contribution in [1.82, 2.24) is 0 Å². The smallest absolute Gasteiger partial charge is 0.402 e. The van der Waals surface area contributed by atoms with Gasteiger partial charge in [0.1, 0.15) is 0 Å². The van der Waals surface area contributed by atoms with Gasteiger partial charge in [-0.1, -0.05) is 27.5 Å². The standard InChI is InChI=1S/C13H18BBrClNO2/c1-12(2)13(3,4)19-14(18-12)11(17)9-7-8(16)5-6-10(9)15/h5-7,11H,17H2,1-4H3/t11-/m0/s1. The SMILES string of the molecule is CC1(C)OB([C@@H](N)c2cc(Cl)ccc2Br)OC1(C)C. The Morgan fingerprint density at radius 3 is 2.26 bits per heavy atom. The van der Waals surface area contributed by atoms with Gasteiger partial charge in [-0.05, 0) is 51.5 Å². The van der Waals surface area contributed by atoms with Crippen LogP contribution in [-0.4, -0.2) is 18.3 Å². The third-order valence-corrected chi connectivity index (χ3v) is 4.84. The van der Waals surface area contributed by atoms with Gasteiger partial charge in [0.05, 0.1) is 17.1 Å². The molecule has 1 atom stereocenters. The zero-order valence-corrected chi connectivity index (χ0v) is 13.9. The molecule has 1 aliphatic rings. The Kier molecular flexibility index (Phi) is 4.07. The van der Waals surface area contributed by atoms with Crippen LogP contribution in [0.4, 0.5) is 0 Å². The van der Waals surface area contributed by atoms with Gasteiger partial charge < -0.3 is 15.0 Å². The minimum Gasteiger partial charge on any atom is -0.402 e. The lowest BCUT2D eigenvalue weighted by Crippen LogP contribution is -2.41. The van der Waals surface area contributed by atoms with Crippen molar-refractivity contribution in [2.75, 3.05) is 0 Å². The van der Waals surface area contributed by atoms with E-state index in [4.69, 9.17) is 26.6 Å². The molecule has 0 spiro atoms. The molecule has 1 aromatic carbocycles. The lowest BCUT2D eigenvalue weighted by molar-refractivity contribution is 0.00578. The molecule has 104 valence electrons. The van der Waals surface area contributed by atoms with Crippen molar-refractivity contribution in [2.24, 2.45) is 5.73 Å². The van der Waals surface area contributed by atoms with Crippen LogP contribution >= 0.6 is 27.5 Å². The summed E-state index contributed by atoms with van der Waals surface area (Å²) in [5.41, 5.74) is 6.38. The topological polar surface area (TPSA) is 44.5 Å². The van der Waals surface area contributed by atoms with E-state index in [-0.39, 0.29) is 11.2 Å². The molecule has 1 aliphatic heterocycles. The molecule has 0 bridgehead atoms. The third-order valence-electron chi connectivity index (χ3n) is 3.88. The van der Waals surface area contributed by atoms with Gasteiger partial charge in [-0.2, -0.15) is 0 Å². The van der Waals surface area contributed by atoms with Crippen LogP contribution in [-0.2, 0) is 9.31 Å². The monoisotopic (exact) mass is 345 g/mol. The van der Waals surface area contributed by atoms with Gasteiger partial charge in [0, 0.05) is 9.50 Å². The fourth-order valence-corrected chi connectivity index (χ4v) is 2.64. The van der Waals surface area contributed by atoms with Crippen molar-refractivity contribution < 1.29 is 9.31 Å². The maximum Gasteiger partial charge on any atom is 0.480 e. The Balaban J connectivity index is 2.27. The molecule has 6 heteroatoms. The van der Waals surface area contributed by atoms with Crippen molar-refractivity contribution in [2.45, 2.75) is 44.8 Å². The molecule has 0 amide bonds. The van der Waals surface area contributed by atoms with Gasteiger partial charge in [-0.3, -0.25) is 0 Å². The first-order chi connectivity index (χ1) is 8.64. The highest BCUT2D eigenvalue weighted by Gasteiger charge is 2.53. The minimum absolute atomic E-state index is 0.389. The maximum atomic E-state index is 6.27. The largest absolute Gasteiger partial charge is 0.480 e. The Morgan fingerprint density at radius 1 is 1.21 bits per heavy atom. The van der Waals surface area contributed by atoms with Crippen molar-refractivity contribution in [3.8, 4) is 0 Å². The average Bonchev–Trinajstić information content (AvgIpc) is 2.51. The number of hydrogen-bond donors (Lipinski definition) is 1. The number of rotatable bonds is 2. The summed E-state index contributed by atoms with van der Waals surface area (Å²) >= 11 is 9.51. The van der Waals surface area contributed by atoms with Crippen LogP contribution in [0.5, 0.6) is 0 Å². The highest BCUT2D eigenvalue weighted by Crippen LogP contribution is 2.40. The summed E-state index contributed by atoms with van der Waals surface area (Å²) in [6.45, 7) is 8.03. The second kappa shape index (κ2) is 5.04. The Bertz CT molecular complexity index is 480. The van der Waals surface area contributed by atoms with E-state index in [0.29, 0.717) is 5.02 Å². The fraction of sp³-hybridized carbons (Fsp3) is 0.538. The molecule has 0 radical (unpaired) electrons. The Hall–Kier alpha value is -0.0651. The van der Waals surface area contributed by atoms with Crippen molar-refractivity contribution in [1.29, 1.82) is 0 Å². The van der Waals surface area contributed by atoms with Crippen molar-refractivity contribution in [3.63, 3.8) is 0 Å². The zero-order chi connectivity index (χ0) is 14.4. The highest BCUT2D eigenvalue weighted by atomic mass is 79.9. The van der Waals surface area contributed by atoms with Crippen molar-refractivity contribution in [3.05, 3.63) is 33.3 Å². The van der Waals surface area contributed by atoms with Gasteiger partial charge in [0.2, 0.25) is 0 Å². The second-order valence-electron chi connectivity index (χ2n) is 5.82. The molecule has 2 rings (SSSR count). The van der Waals surface area contributed by atoms with Crippen molar-refractivity contribution >= 4 is 34.6 Å². The first-order valence-corrected chi connectivity index (χ1v) is 7.37. The van der Waals surface area contributed by atoms with E-state index < -0.39 is 13.1 Å². The molecule has 1 fully saturated rings. The number of benzene rings is 1. The number of hydrogen-bond acceptors (Lipinski definition) is 3. The minimum atomic E-state index is -0.486. The van der Waals surface area contributed by atoms with Gasteiger partial charge >= 0.3 is 7.12 Å². The van der Waals surface area contributed by atoms with Crippen LogP contribution in [0.25, 0.3) is 0 Å². The fourth-order valence-electron chi connectivity index (χ4n) is 1.95. The van der Waals surface area contributed by atoms with Crippen LogP contribution in [0.15, 0.2) is 22.7 Å². The first-order valence-electron chi connectivity index (χ1n) is 6.20. The average molecular weight is 346 g/mol. The lowest BCUT2D eigenvalue weighted by Gasteiger charge is -2.32. The van der Waals surface area contributed by atoms with Crippen LogP contribution in [0.3, 0.4) is 0 Å². The molecule has 1 saturated heterocycles. The van der Waals surface area contributed by atoms with Crippen LogP contribution < -0.4 is 5.73 Å². The summed E-state index contributed by atoms with van der Waals surface area (Å²) < 4.78 is 12.8. The number of nitrogens with two attached hydrogens (primary N) is 1. The van der Waals surface area contributed by atoms with E-state index in [2.05, 4.69) is 15.9 Å². The van der Waals surface area contributed by atoms with E-state index >= 15 is 0 Å². The van der Waals surface area contributed by atoms with E-state index in [1.54, 1.807) is 0 Å². The third kappa shape index (κ3) is 2.86. The Labute approximate surface area is 128 Å².